The second-order valence-corrected chi connectivity index (χ2v) is 21.6. The molecule has 0 saturated heterocycles. The van der Waals surface area contributed by atoms with Crippen molar-refractivity contribution in [2.75, 3.05) is 5.32 Å². The molecule has 0 atom stereocenters. The molecule has 0 aliphatic rings. The second kappa shape index (κ2) is 13.2. The Balaban J connectivity index is 1.55. The van der Waals surface area contributed by atoms with E-state index in [-0.39, 0.29) is 5.91 Å². The first-order valence-electron chi connectivity index (χ1n) is 16.8. The number of halogens is 1. The van der Waals surface area contributed by atoms with Gasteiger partial charge in [-0.15, -0.1) is 0 Å². The summed E-state index contributed by atoms with van der Waals surface area (Å²) in [5, 5.41) is 7.93. The molecule has 0 aromatic heterocycles. The first-order chi connectivity index (χ1) is 24.5. The van der Waals surface area contributed by atoms with E-state index in [4.69, 9.17) is 15.5 Å². The Labute approximate surface area is 301 Å². The zero-order chi connectivity index (χ0) is 34.0. The molecule has 1 N–H and O–H groups in total. The topological polar surface area (TPSA) is 29.1 Å². The number of fused-ring (bicyclic) bond motifs is 2. The fourth-order valence-electron chi connectivity index (χ4n) is 7.44. The third kappa shape index (κ3) is 5.44. The molecule has 8 rings (SSSR count). The minimum absolute atomic E-state index is 0.143. The molecule has 50 heavy (non-hydrogen) atoms. The molecule has 0 saturated carbocycles. The summed E-state index contributed by atoms with van der Waals surface area (Å²) in [5.74, 6) is -0.143. The van der Waals surface area contributed by atoms with Crippen molar-refractivity contribution in [1.29, 1.82) is 0 Å². The number of nitrogens with one attached hydrogen (secondary N) is 1. The Morgan fingerprint density at radius 3 is 1.52 bits per heavy atom. The van der Waals surface area contributed by atoms with Crippen LogP contribution < -0.4 is 21.2 Å². The van der Waals surface area contributed by atoms with Gasteiger partial charge in [0, 0.05) is 0 Å². The molecule has 8 aromatic carbocycles. The van der Waals surface area contributed by atoms with Crippen LogP contribution in [-0.4, -0.2) is 5.91 Å². The van der Waals surface area contributed by atoms with Crippen molar-refractivity contribution >= 4 is 69.8 Å². The van der Waals surface area contributed by atoms with Crippen LogP contribution in [0.5, 0.6) is 0 Å². The first kappa shape index (κ1) is 31.9. The van der Waals surface area contributed by atoms with Gasteiger partial charge in [0.2, 0.25) is 0 Å². The van der Waals surface area contributed by atoms with Gasteiger partial charge >= 0.3 is 302 Å². The normalized spacial score (nSPS) is 12.3. The van der Waals surface area contributed by atoms with Crippen molar-refractivity contribution in [2.45, 2.75) is 6.16 Å². The summed E-state index contributed by atoms with van der Waals surface area (Å²) < 4.78 is 0. The monoisotopic (exact) mass is 727 g/mol. The van der Waals surface area contributed by atoms with Gasteiger partial charge in [0.1, 0.15) is 0 Å². The van der Waals surface area contributed by atoms with Gasteiger partial charge in [0.25, 0.3) is 0 Å². The summed E-state index contributed by atoms with van der Waals surface area (Å²) >= 11 is 4.81. The number of carbonyl (C=O) groups is 1. The zero-order valence-electron chi connectivity index (χ0n) is 27.4. The summed E-state index contributed by atoms with van der Waals surface area (Å²) in [4.78, 5) is 13.9. The Morgan fingerprint density at radius 1 is 0.480 bits per heavy atom. The number of anilines is 1. The molecule has 0 heterocycles. The number of carbonyl (C=O) groups excluding carboxylic acids is 1. The molecule has 2 nitrogen and oxygen atoms in total. The number of amides is 1. The summed E-state index contributed by atoms with van der Waals surface area (Å²) in [7, 11) is 0. The van der Waals surface area contributed by atoms with E-state index in [9.17, 15) is 4.79 Å². The number of benzene rings is 8. The predicted molar refractivity (Wildman–Crippen MR) is 219 cm³/mol. The molecule has 4 heteroatoms. The molecule has 0 bridgehead atoms. The maximum atomic E-state index is 13.9. The van der Waals surface area contributed by atoms with E-state index in [2.05, 4.69) is 169 Å². The van der Waals surface area contributed by atoms with Gasteiger partial charge in [-0.05, 0) is 0 Å². The summed E-state index contributed by atoms with van der Waals surface area (Å²) in [5.41, 5.74) is 4.74. The van der Waals surface area contributed by atoms with Crippen LogP contribution in [0.1, 0.15) is 15.9 Å². The molecule has 8 aromatic rings. The second-order valence-electron chi connectivity index (χ2n) is 12.7. The van der Waals surface area contributed by atoms with Crippen LogP contribution >= 0.6 is 20.8 Å². The minimum atomic E-state index is -3.57. The van der Waals surface area contributed by atoms with Gasteiger partial charge in [-0.2, -0.15) is 0 Å². The number of hydrogen-bond donors (Lipinski definition) is 1. The SMILES string of the molecule is O=C(Nc1ccc2ccccc2c1-c1c(P(Br)(Cc2ccccc2)(c2ccccc2)c2ccccc2)ccc2ccccc12)c1ccccc1. The molecule has 0 aliphatic carbocycles. The van der Waals surface area contributed by atoms with E-state index < -0.39 is 5.31 Å². The quantitative estimate of drug-likeness (QED) is 0.155. The van der Waals surface area contributed by atoms with Crippen molar-refractivity contribution in [1.82, 2.24) is 0 Å². The molecule has 0 fully saturated rings. The first-order valence-corrected chi connectivity index (χ1v) is 21.3. The number of hydrogen-bond acceptors (Lipinski definition) is 1. The molecule has 0 aliphatic heterocycles. The molecule has 0 spiro atoms. The molecule has 242 valence electrons. The molecule has 0 unspecified atom stereocenters. The van der Waals surface area contributed by atoms with Crippen LogP contribution in [0, 0.1) is 0 Å². The van der Waals surface area contributed by atoms with E-state index in [1.54, 1.807) is 0 Å². The average molecular weight is 729 g/mol. The van der Waals surface area contributed by atoms with Gasteiger partial charge in [-0.25, -0.2) is 0 Å². The molecular weight excluding hydrogens is 693 g/mol. The van der Waals surface area contributed by atoms with E-state index in [0.29, 0.717) is 5.56 Å². The Kier molecular flexibility index (Phi) is 8.41. The summed E-state index contributed by atoms with van der Waals surface area (Å²) in [6.07, 6.45) is 0.752. The zero-order valence-corrected chi connectivity index (χ0v) is 29.9. The fraction of sp³-hybridized carbons (Fsp3) is 0.0217. The van der Waals surface area contributed by atoms with Crippen LogP contribution in [-0.2, 0) is 6.16 Å². The molecule has 0 radical (unpaired) electrons. The van der Waals surface area contributed by atoms with Crippen molar-refractivity contribution in [3.05, 3.63) is 205 Å². The van der Waals surface area contributed by atoms with E-state index in [1.165, 1.54) is 21.5 Å². The summed E-state index contributed by atoms with van der Waals surface area (Å²) in [6.45, 7) is 0. The van der Waals surface area contributed by atoms with Crippen LogP contribution in [0.25, 0.3) is 32.7 Å². The Morgan fingerprint density at radius 2 is 0.940 bits per heavy atom. The van der Waals surface area contributed by atoms with Crippen LogP contribution in [0.4, 0.5) is 5.69 Å². The van der Waals surface area contributed by atoms with Crippen LogP contribution in [0.15, 0.2) is 194 Å². The van der Waals surface area contributed by atoms with Crippen molar-refractivity contribution in [3.63, 3.8) is 0 Å². The van der Waals surface area contributed by atoms with E-state index >= 15 is 0 Å². The van der Waals surface area contributed by atoms with E-state index in [1.807, 2.05) is 30.3 Å². The van der Waals surface area contributed by atoms with Crippen LogP contribution in [0.3, 0.4) is 0 Å². The van der Waals surface area contributed by atoms with Gasteiger partial charge in [-0.3, -0.25) is 0 Å². The Hall–Kier alpha value is -5.34. The van der Waals surface area contributed by atoms with Crippen molar-refractivity contribution in [3.8, 4) is 11.1 Å². The third-order valence-electron chi connectivity index (χ3n) is 9.78. The Bertz CT molecular complexity index is 2430. The summed E-state index contributed by atoms with van der Waals surface area (Å²) in [6, 6.07) is 68.1. The maximum absolute atomic E-state index is 13.9. The third-order valence-corrected chi connectivity index (χ3v) is 19.2. The number of rotatable bonds is 8. The predicted octanol–water partition coefficient (Wildman–Crippen LogP) is 11.3. The van der Waals surface area contributed by atoms with Gasteiger partial charge in [0.05, 0.1) is 0 Å². The fourth-order valence-corrected chi connectivity index (χ4v) is 15.6. The van der Waals surface area contributed by atoms with Crippen molar-refractivity contribution < 1.29 is 4.79 Å². The van der Waals surface area contributed by atoms with Crippen molar-refractivity contribution in [2.24, 2.45) is 0 Å². The average Bonchev–Trinajstić information content (AvgIpc) is 3.19. The van der Waals surface area contributed by atoms with E-state index in [0.717, 1.165) is 44.5 Å². The van der Waals surface area contributed by atoms with Gasteiger partial charge in [0.15, 0.2) is 0 Å². The van der Waals surface area contributed by atoms with Gasteiger partial charge < -0.3 is 0 Å². The molecular formula is C46H35BrNOP. The molecule has 1 amide bonds. The van der Waals surface area contributed by atoms with Crippen LogP contribution in [0.2, 0.25) is 0 Å². The standard InChI is InChI=1S/C46H35BrNOP/c47-50(38-23-9-3-10-24-38,39-25-11-4-12-26-39,33-34-17-5-1-6-18-34)43-32-30-36-20-14-16-28-41(36)45(43)44-40-27-15-13-19-35(40)29-31-42(44)48-46(49)37-21-7-2-8-22-37/h1-32H,33H2,(H,48,49). The van der Waals surface area contributed by atoms with Gasteiger partial charge in [-0.1, -0.05) is 0 Å².